The summed E-state index contributed by atoms with van der Waals surface area (Å²) in [6.07, 6.45) is 9.90. The van der Waals surface area contributed by atoms with E-state index >= 15 is 0 Å². The summed E-state index contributed by atoms with van der Waals surface area (Å²) in [4.78, 5) is 0. The summed E-state index contributed by atoms with van der Waals surface area (Å²) in [7, 11) is 0. The summed E-state index contributed by atoms with van der Waals surface area (Å²) in [6.45, 7) is 0. The van der Waals surface area contributed by atoms with E-state index in [9.17, 15) is 0 Å². The van der Waals surface area contributed by atoms with Gasteiger partial charge in [0.25, 0.3) is 0 Å². The van der Waals surface area contributed by atoms with Crippen molar-refractivity contribution in [3.8, 4) is 11.1 Å². The number of benzene rings is 2. The van der Waals surface area contributed by atoms with Crippen molar-refractivity contribution < 1.29 is 0 Å². The SMILES string of the molecule is SCCCCCc1ccc(-c2ccc(CCCCCS)cc2)cc1. The maximum absolute atomic E-state index is 4.27. The number of rotatable bonds is 11. The lowest BCUT2D eigenvalue weighted by Crippen LogP contribution is -1.88. The molecule has 0 heterocycles. The second-order valence-corrected chi connectivity index (χ2v) is 7.36. The van der Waals surface area contributed by atoms with E-state index in [1.807, 2.05) is 0 Å². The Morgan fingerprint density at radius 2 is 0.833 bits per heavy atom. The van der Waals surface area contributed by atoms with E-state index in [4.69, 9.17) is 0 Å². The van der Waals surface area contributed by atoms with E-state index < -0.39 is 0 Å². The Morgan fingerprint density at radius 1 is 0.458 bits per heavy atom. The molecule has 0 aromatic heterocycles. The Morgan fingerprint density at radius 3 is 1.17 bits per heavy atom. The molecule has 0 saturated heterocycles. The number of hydrogen-bond donors (Lipinski definition) is 2. The molecule has 0 aliphatic rings. The monoisotopic (exact) mass is 358 g/mol. The Bertz CT molecular complexity index is 504. The van der Waals surface area contributed by atoms with E-state index in [1.165, 1.54) is 73.6 Å². The van der Waals surface area contributed by atoms with Crippen molar-refractivity contribution in [1.29, 1.82) is 0 Å². The molecular weight excluding hydrogens is 328 g/mol. The molecule has 0 amide bonds. The molecule has 2 rings (SSSR count). The van der Waals surface area contributed by atoms with Crippen LogP contribution in [0.2, 0.25) is 0 Å². The van der Waals surface area contributed by atoms with Gasteiger partial charge >= 0.3 is 0 Å². The molecule has 2 aromatic rings. The maximum atomic E-state index is 4.27. The summed E-state index contributed by atoms with van der Waals surface area (Å²) in [6, 6.07) is 18.2. The van der Waals surface area contributed by atoms with Crippen molar-refractivity contribution in [2.45, 2.75) is 51.4 Å². The van der Waals surface area contributed by atoms with Crippen molar-refractivity contribution in [2.75, 3.05) is 11.5 Å². The van der Waals surface area contributed by atoms with E-state index in [-0.39, 0.29) is 0 Å². The largest absolute Gasteiger partial charge is 0.179 e. The lowest BCUT2D eigenvalue weighted by atomic mass is 9.99. The third-order valence-corrected chi connectivity index (χ3v) is 5.12. The van der Waals surface area contributed by atoms with Crippen LogP contribution in [0.3, 0.4) is 0 Å². The minimum absolute atomic E-state index is 1.00. The molecule has 0 atom stereocenters. The Labute approximate surface area is 158 Å². The van der Waals surface area contributed by atoms with E-state index in [0.717, 1.165) is 11.5 Å². The lowest BCUT2D eigenvalue weighted by Gasteiger charge is -2.06. The number of thiol groups is 2. The Hall–Kier alpha value is -0.860. The molecule has 0 N–H and O–H groups in total. The van der Waals surface area contributed by atoms with Gasteiger partial charge in [-0.2, -0.15) is 25.3 Å². The van der Waals surface area contributed by atoms with E-state index in [0.29, 0.717) is 0 Å². The fraction of sp³-hybridized carbons (Fsp3) is 0.455. The van der Waals surface area contributed by atoms with Crippen LogP contribution in [0.4, 0.5) is 0 Å². The van der Waals surface area contributed by atoms with Gasteiger partial charge in [-0.3, -0.25) is 0 Å². The minimum Gasteiger partial charge on any atom is -0.179 e. The zero-order valence-corrected chi connectivity index (χ0v) is 16.4. The standard InChI is InChI=1S/C22H30S2/c23-17-5-1-3-7-19-9-13-21(14-10-19)22-15-11-20(12-16-22)8-4-2-6-18-24/h9-16,23-24H,1-8,17-18H2. The highest BCUT2D eigenvalue weighted by molar-refractivity contribution is 7.80. The minimum atomic E-state index is 1.00. The summed E-state index contributed by atoms with van der Waals surface area (Å²) >= 11 is 8.53. The molecule has 0 saturated carbocycles. The predicted octanol–water partition coefficient (Wildman–Crippen LogP) is 6.64. The second kappa shape index (κ2) is 11.7. The fourth-order valence-corrected chi connectivity index (χ4v) is 3.41. The van der Waals surface area contributed by atoms with Gasteiger partial charge < -0.3 is 0 Å². The molecule has 130 valence electrons. The predicted molar refractivity (Wildman–Crippen MR) is 115 cm³/mol. The highest BCUT2D eigenvalue weighted by Gasteiger charge is 2.00. The van der Waals surface area contributed by atoms with Crippen molar-refractivity contribution in [3.63, 3.8) is 0 Å². The normalized spacial score (nSPS) is 10.9. The summed E-state index contributed by atoms with van der Waals surface area (Å²) in [5, 5.41) is 0. The quantitative estimate of drug-likeness (QED) is 0.326. The van der Waals surface area contributed by atoms with E-state index in [1.54, 1.807) is 0 Å². The number of aryl methyl sites for hydroxylation is 2. The topological polar surface area (TPSA) is 0 Å². The second-order valence-electron chi connectivity index (χ2n) is 6.46. The lowest BCUT2D eigenvalue weighted by molar-refractivity contribution is 0.723. The Balaban J connectivity index is 1.84. The summed E-state index contributed by atoms with van der Waals surface area (Å²) in [5.41, 5.74) is 5.52. The van der Waals surface area contributed by atoms with Crippen molar-refractivity contribution in [1.82, 2.24) is 0 Å². The maximum Gasteiger partial charge on any atom is -0.00979 e. The van der Waals surface area contributed by atoms with Crippen LogP contribution in [0.15, 0.2) is 48.5 Å². The van der Waals surface area contributed by atoms with Gasteiger partial charge in [0.1, 0.15) is 0 Å². The highest BCUT2D eigenvalue weighted by atomic mass is 32.1. The van der Waals surface area contributed by atoms with E-state index in [2.05, 4.69) is 73.8 Å². The van der Waals surface area contributed by atoms with Crippen LogP contribution in [0, 0.1) is 0 Å². The third kappa shape index (κ3) is 6.94. The van der Waals surface area contributed by atoms with Gasteiger partial charge in [0.2, 0.25) is 0 Å². The molecule has 2 aromatic carbocycles. The summed E-state index contributed by atoms with van der Waals surface area (Å²) in [5.74, 6) is 2.01. The van der Waals surface area contributed by atoms with Crippen LogP contribution in [-0.4, -0.2) is 11.5 Å². The van der Waals surface area contributed by atoms with Crippen molar-refractivity contribution in [2.24, 2.45) is 0 Å². The molecule has 0 unspecified atom stereocenters. The van der Waals surface area contributed by atoms with Crippen molar-refractivity contribution in [3.05, 3.63) is 59.7 Å². The van der Waals surface area contributed by atoms with Gasteiger partial charge in [-0.1, -0.05) is 61.4 Å². The smallest absolute Gasteiger partial charge is 0.00979 e. The Kier molecular flexibility index (Phi) is 9.45. The molecule has 2 heteroatoms. The van der Waals surface area contributed by atoms with Crippen LogP contribution < -0.4 is 0 Å². The molecule has 0 aliphatic heterocycles. The molecule has 0 aliphatic carbocycles. The van der Waals surface area contributed by atoms with Crippen LogP contribution in [0.25, 0.3) is 11.1 Å². The zero-order valence-electron chi connectivity index (χ0n) is 14.6. The molecule has 0 nitrogen and oxygen atoms in total. The van der Waals surface area contributed by atoms with Crippen LogP contribution >= 0.6 is 25.3 Å². The van der Waals surface area contributed by atoms with Crippen LogP contribution in [0.5, 0.6) is 0 Å². The average molecular weight is 359 g/mol. The molecule has 0 radical (unpaired) electrons. The number of unbranched alkanes of at least 4 members (excludes halogenated alkanes) is 4. The first kappa shape index (κ1) is 19.5. The van der Waals surface area contributed by atoms with Crippen molar-refractivity contribution >= 4 is 25.3 Å². The van der Waals surface area contributed by atoms with Gasteiger partial charge in [0, 0.05) is 0 Å². The van der Waals surface area contributed by atoms with Crippen LogP contribution in [-0.2, 0) is 12.8 Å². The first-order valence-corrected chi connectivity index (χ1v) is 10.5. The van der Waals surface area contributed by atoms with Gasteiger partial charge in [-0.05, 0) is 72.3 Å². The first-order valence-electron chi connectivity index (χ1n) is 9.23. The highest BCUT2D eigenvalue weighted by Crippen LogP contribution is 2.21. The molecule has 24 heavy (non-hydrogen) atoms. The average Bonchev–Trinajstić information content (AvgIpc) is 2.64. The first-order chi connectivity index (χ1) is 11.8. The fourth-order valence-electron chi connectivity index (χ4n) is 2.96. The third-order valence-electron chi connectivity index (χ3n) is 4.49. The molecular formula is C22H30S2. The summed E-state index contributed by atoms with van der Waals surface area (Å²) < 4.78 is 0. The zero-order chi connectivity index (χ0) is 17.0. The van der Waals surface area contributed by atoms with Gasteiger partial charge in [0.15, 0.2) is 0 Å². The van der Waals surface area contributed by atoms with Gasteiger partial charge in [0.05, 0.1) is 0 Å². The molecule has 0 spiro atoms. The molecule has 0 fully saturated rings. The molecule has 0 bridgehead atoms. The van der Waals surface area contributed by atoms with Crippen LogP contribution in [0.1, 0.15) is 49.7 Å². The number of hydrogen-bond acceptors (Lipinski definition) is 2. The van der Waals surface area contributed by atoms with Gasteiger partial charge in [-0.15, -0.1) is 0 Å². The van der Waals surface area contributed by atoms with Gasteiger partial charge in [-0.25, -0.2) is 0 Å².